The van der Waals surface area contributed by atoms with Crippen molar-refractivity contribution in [3.63, 3.8) is 0 Å². The zero-order valence-electron chi connectivity index (χ0n) is 32.5. The third-order valence-corrected chi connectivity index (χ3v) is 11.9. The lowest BCUT2D eigenvalue weighted by Gasteiger charge is -2.26. The Morgan fingerprint density at radius 2 is 0.883 bits per heavy atom. The highest BCUT2D eigenvalue weighted by Crippen LogP contribution is 2.40. The second-order valence-electron chi connectivity index (χ2n) is 15.5. The molecule has 0 saturated heterocycles. The summed E-state index contributed by atoms with van der Waals surface area (Å²) in [6.07, 6.45) is 2.01. The van der Waals surface area contributed by atoms with Crippen LogP contribution >= 0.6 is 0 Å². The van der Waals surface area contributed by atoms with E-state index in [1.54, 1.807) is 0 Å². The molecule has 0 N–H and O–H groups in total. The number of oxazole rings is 1. The molecule has 60 heavy (non-hydrogen) atoms. The van der Waals surface area contributed by atoms with Gasteiger partial charge >= 0.3 is 0 Å². The van der Waals surface area contributed by atoms with Gasteiger partial charge in [-0.3, -0.25) is 4.98 Å². The van der Waals surface area contributed by atoms with Gasteiger partial charge in [0, 0.05) is 39.8 Å². The standard InChI is InChI=1S/C56H35N3O/c1-2-9-40-31-41(15-13-36(40)7-1)42-23-29-50-43(32-42)17-18-44-33-48(28-30-51(44)50)59(47-26-21-39(22-27-47)56-58-53-11-5-6-12-55(53)60-56)46-24-19-38(20-25-46)54-34-45-16-14-37-8-3-4-10-49(37)52(45)35-57-54/h1-35H. The first-order valence-electron chi connectivity index (χ1n) is 20.3. The molecule has 4 nitrogen and oxygen atoms in total. The van der Waals surface area contributed by atoms with E-state index in [1.165, 1.54) is 59.6 Å². The second kappa shape index (κ2) is 13.8. The molecule has 0 radical (unpaired) electrons. The summed E-state index contributed by atoms with van der Waals surface area (Å²) in [5.41, 5.74) is 10.1. The van der Waals surface area contributed by atoms with Crippen molar-refractivity contribution in [2.24, 2.45) is 0 Å². The number of pyridine rings is 1. The molecule has 0 spiro atoms. The largest absolute Gasteiger partial charge is 0.436 e. The van der Waals surface area contributed by atoms with Crippen molar-refractivity contribution in [1.29, 1.82) is 0 Å². The molecule has 0 fully saturated rings. The number of anilines is 3. The van der Waals surface area contributed by atoms with Crippen molar-refractivity contribution < 1.29 is 4.42 Å². The van der Waals surface area contributed by atoms with Crippen LogP contribution in [0.5, 0.6) is 0 Å². The molecule has 12 aromatic rings. The number of aromatic nitrogens is 2. The minimum absolute atomic E-state index is 0.607. The normalized spacial score (nSPS) is 11.7. The van der Waals surface area contributed by atoms with Crippen LogP contribution in [0.4, 0.5) is 17.1 Å². The highest BCUT2D eigenvalue weighted by Gasteiger charge is 2.17. The van der Waals surface area contributed by atoms with Gasteiger partial charge in [-0.05, 0) is 138 Å². The van der Waals surface area contributed by atoms with E-state index in [-0.39, 0.29) is 0 Å². The van der Waals surface area contributed by atoms with Gasteiger partial charge in [0.1, 0.15) is 5.52 Å². The smallest absolute Gasteiger partial charge is 0.227 e. The Balaban J connectivity index is 0.928. The summed E-state index contributed by atoms with van der Waals surface area (Å²) >= 11 is 0. The zero-order valence-corrected chi connectivity index (χ0v) is 32.5. The fourth-order valence-electron chi connectivity index (χ4n) is 8.78. The average molecular weight is 766 g/mol. The first-order chi connectivity index (χ1) is 29.7. The first-order valence-corrected chi connectivity index (χ1v) is 20.3. The molecule has 2 aromatic heterocycles. The molecule has 0 amide bonds. The fraction of sp³-hybridized carbons (Fsp3) is 0. The van der Waals surface area contributed by atoms with E-state index in [1.807, 2.05) is 30.5 Å². The molecule has 0 saturated carbocycles. The van der Waals surface area contributed by atoms with Gasteiger partial charge in [0.15, 0.2) is 5.58 Å². The van der Waals surface area contributed by atoms with Crippen molar-refractivity contribution in [2.45, 2.75) is 0 Å². The van der Waals surface area contributed by atoms with E-state index >= 15 is 0 Å². The predicted octanol–water partition coefficient (Wildman–Crippen LogP) is 15.5. The van der Waals surface area contributed by atoms with E-state index < -0.39 is 0 Å². The van der Waals surface area contributed by atoms with Crippen LogP contribution in [0.2, 0.25) is 0 Å². The monoisotopic (exact) mass is 765 g/mol. The Morgan fingerprint density at radius 3 is 1.67 bits per heavy atom. The maximum absolute atomic E-state index is 6.13. The van der Waals surface area contributed by atoms with Gasteiger partial charge in [-0.2, -0.15) is 0 Å². The Morgan fingerprint density at radius 1 is 0.350 bits per heavy atom. The number of rotatable bonds is 6. The van der Waals surface area contributed by atoms with E-state index in [4.69, 9.17) is 14.4 Å². The maximum Gasteiger partial charge on any atom is 0.227 e. The van der Waals surface area contributed by atoms with Gasteiger partial charge in [-0.1, -0.05) is 127 Å². The van der Waals surface area contributed by atoms with Gasteiger partial charge in [0.25, 0.3) is 0 Å². The summed E-state index contributed by atoms with van der Waals surface area (Å²) < 4.78 is 6.13. The van der Waals surface area contributed by atoms with Gasteiger partial charge in [0.2, 0.25) is 5.89 Å². The fourth-order valence-corrected chi connectivity index (χ4v) is 8.78. The molecule has 10 aromatic carbocycles. The van der Waals surface area contributed by atoms with Crippen molar-refractivity contribution >= 4 is 82.0 Å². The quantitative estimate of drug-likeness (QED) is 0.158. The van der Waals surface area contributed by atoms with E-state index in [2.05, 4.69) is 187 Å². The molecule has 0 bridgehead atoms. The molecule has 12 rings (SSSR count). The number of nitrogens with zero attached hydrogens (tertiary/aromatic N) is 3. The van der Waals surface area contributed by atoms with Crippen LogP contribution in [0.1, 0.15) is 0 Å². The molecular formula is C56H35N3O. The highest BCUT2D eigenvalue weighted by atomic mass is 16.3. The highest BCUT2D eigenvalue weighted by molar-refractivity contribution is 6.10. The van der Waals surface area contributed by atoms with Crippen molar-refractivity contribution in [2.75, 3.05) is 4.90 Å². The van der Waals surface area contributed by atoms with E-state index in [9.17, 15) is 0 Å². The molecule has 0 unspecified atom stereocenters. The molecule has 280 valence electrons. The van der Waals surface area contributed by atoms with E-state index in [0.29, 0.717) is 5.89 Å². The lowest BCUT2D eigenvalue weighted by atomic mass is 9.96. The Hall–Kier alpha value is -8.08. The van der Waals surface area contributed by atoms with Crippen LogP contribution < -0.4 is 4.90 Å². The van der Waals surface area contributed by atoms with Gasteiger partial charge in [-0.25, -0.2) is 4.98 Å². The number of hydrogen-bond donors (Lipinski definition) is 0. The maximum atomic E-state index is 6.13. The number of hydrogen-bond acceptors (Lipinski definition) is 4. The van der Waals surface area contributed by atoms with Crippen LogP contribution in [0, 0.1) is 0 Å². The van der Waals surface area contributed by atoms with Crippen LogP contribution in [0.15, 0.2) is 217 Å². The zero-order chi connectivity index (χ0) is 39.6. The lowest BCUT2D eigenvalue weighted by molar-refractivity contribution is 0.620. The number of fused-ring (bicyclic) bond motifs is 8. The molecular weight excluding hydrogens is 731 g/mol. The van der Waals surface area contributed by atoms with Gasteiger partial charge in [-0.15, -0.1) is 0 Å². The van der Waals surface area contributed by atoms with Crippen LogP contribution in [0.3, 0.4) is 0 Å². The van der Waals surface area contributed by atoms with Crippen LogP contribution in [-0.4, -0.2) is 9.97 Å². The molecule has 0 atom stereocenters. The summed E-state index contributed by atoms with van der Waals surface area (Å²) in [4.78, 5) is 12.0. The van der Waals surface area contributed by atoms with Crippen molar-refractivity contribution in [3.8, 4) is 33.8 Å². The van der Waals surface area contributed by atoms with Crippen LogP contribution in [0.25, 0.3) is 98.8 Å². The minimum atomic E-state index is 0.607. The lowest BCUT2D eigenvalue weighted by Crippen LogP contribution is -2.10. The SMILES string of the molecule is c1ccc2cc(-c3ccc4c(ccc5cc(N(c6ccc(-c7cc8ccc9ccccc9c8cn7)cc6)c6ccc(-c7nc8ccccc8o7)cc6)ccc54)c3)ccc2c1. The Bertz CT molecular complexity index is 3570. The Labute approximate surface area is 346 Å². The molecule has 0 aliphatic heterocycles. The summed E-state index contributed by atoms with van der Waals surface area (Å²) in [5.74, 6) is 0.607. The van der Waals surface area contributed by atoms with Crippen molar-refractivity contribution in [3.05, 3.63) is 212 Å². The topological polar surface area (TPSA) is 42.2 Å². The number of benzene rings is 10. The van der Waals surface area contributed by atoms with Crippen molar-refractivity contribution in [1.82, 2.24) is 9.97 Å². The molecule has 0 aliphatic rings. The predicted molar refractivity (Wildman–Crippen MR) is 250 cm³/mol. The van der Waals surface area contributed by atoms with E-state index in [0.717, 1.165) is 50.4 Å². The third-order valence-electron chi connectivity index (χ3n) is 11.9. The summed E-state index contributed by atoms with van der Waals surface area (Å²) in [7, 11) is 0. The summed E-state index contributed by atoms with van der Waals surface area (Å²) in [5, 5.41) is 12.1. The molecule has 4 heteroatoms. The van der Waals surface area contributed by atoms with Crippen LogP contribution in [-0.2, 0) is 0 Å². The average Bonchev–Trinajstić information content (AvgIpc) is 3.76. The Kier molecular flexibility index (Phi) is 7.82. The second-order valence-corrected chi connectivity index (χ2v) is 15.5. The minimum Gasteiger partial charge on any atom is -0.436 e. The molecule has 0 aliphatic carbocycles. The summed E-state index contributed by atoms with van der Waals surface area (Å²) in [6.45, 7) is 0. The first kappa shape index (κ1) is 34.0. The third kappa shape index (κ3) is 5.85. The number of para-hydroxylation sites is 2. The van der Waals surface area contributed by atoms with Gasteiger partial charge in [0.05, 0.1) is 5.69 Å². The molecule has 2 heterocycles. The summed E-state index contributed by atoms with van der Waals surface area (Å²) in [6, 6.07) is 73.5. The van der Waals surface area contributed by atoms with Gasteiger partial charge < -0.3 is 9.32 Å².